The Hall–Kier alpha value is -4.15. The fourth-order valence-electron chi connectivity index (χ4n) is 8.33. The van der Waals surface area contributed by atoms with Crippen molar-refractivity contribution in [3.63, 3.8) is 0 Å². The number of carbonyl (C=O) groups is 4. The average molecular weight is 753 g/mol. The number of benzene rings is 3. The van der Waals surface area contributed by atoms with Crippen molar-refractivity contribution in [3.05, 3.63) is 108 Å². The minimum absolute atomic E-state index is 0.00806. The van der Waals surface area contributed by atoms with Gasteiger partial charge in [-0.25, -0.2) is 4.79 Å². The maximum absolute atomic E-state index is 14.2. The lowest BCUT2D eigenvalue weighted by atomic mass is 9.87. The maximum atomic E-state index is 14.2. The Morgan fingerprint density at radius 3 is 2.09 bits per heavy atom. The molecular weight excluding hydrogens is 697 g/mol. The van der Waals surface area contributed by atoms with E-state index in [4.69, 9.17) is 0 Å². The molecule has 3 amide bonds. The standard InChI is InChI=1S/C44H56N4O5S/c49-41(46-38-19-10-11-26-47(42(38)50)27-24-32-13-4-1-5-14-32)36(30-34-17-8-3-9-18-34)23-22-35(29-33-15-6-2-7-16-33)31-45-37-25-28-54-40-21-12-20-39(44(52)53)48(40)43(37)51/h1-9,13-18,35-40,45H,10-12,19-31H2,(H,46,49)(H,52,53)/t35-,36-,37?,38+,39?,40?/m1/s1. The number of carboxylic acids is 1. The largest absolute Gasteiger partial charge is 0.480 e. The van der Waals surface area contributed by atoms with Crippen molar-refractivity contribution < 1.29 is 24.3 Å². The summed E-state index contributed by atoms with van der Waals surface area (Å²) in [5.41, 5.74) is 3.47. The van der Waals surface area contributed by atoms with Crippen molar-refractivity contribution in [2.45, 2.75) is 101 Å². The van der Waals surface area contributed by atoms with Crippen LogP contribution in [0.2, 0.25) is 0 Å². The molecule has 0 spiro atoms. The number of rotatable bonds is 16. The first kappa shape index (κ1) is 39.5. The van der Waals surface area contributed by atoms with Gasteiger partial charge in [0.15, 0.2) is 0 Å². The lowest BCUT2D eigenvalue weighted by molar-refractivity contribution is -0.153. The Labute approximate surface area is 324 Å². The van der Waals surface area contributed by atoms with Gasteiger partial charge >= 0.3 is 5.97 Å². The Morgan fingerprint density at radius 2 is 1.41 bits per heavy atom. The molecule has 9 nitrogen and oxygen atoms in total. The second-order valence-electron chi connectivity index (χ2n) is 15.2. The maximum Gasteiger partial charge on any atom is 0.326 e. The van der Waals surface area contributed by atoms with E-state index in [1.165, 1.54) is 11.1 Å². The number of fused-ring (bicyclic) bond motifs is 1. The molecule has 3 aliphatic rings. The van der Waals surface area contributed by atoms with Crippen molar-refractivity contribution in [2.24, 2.45) is 11.8 Å². The second kappa shape index (κ2) is 20.0. The number of hydrogen-bond acceptors (Lipinski definition) is 6. The van der Waals surface area contributed by atoms with E-state index in [9.17, 15) is 24.3 Å². The third-order valence-electron chi connectivity index (χ3n) is 11.4. The predicted octanol–water partition coefficient (Wildman–Crippen LogP) is 6.11. The molecule has 3 aromatic carbocycles. The normalized spacial score (nSPS) is 23.1. The quantitative estimate of drug-likeness (QED) is 0.162. The minimum Gasteiger partial charge on any atom is -0.480 e. The molecule has 3 saturated heterocycles. The highest BCUT2D eigenvalue weighted by Gasteiger charge is 2.42. The van der Waals surface area contributed by atoms with E-state index in [1.807, 2.05) is 59.5 Å². The zero-order valence-electron chi connectivity index (χ0n) is 31.3. The molecule has 0 aliphatic carbocycles. The second-order valence-corrected chi connectivity index (χ2v) is 16.5. The molecule has 3 aromatic rings. The molecule has 3 unspecified atom stereocenters. The monoisotopic (exact) mass is 752 g/mol. The van der Waals surface area contributed by atoms with Crippen molar-refractivity contribution >= 4 is 35.5 Å². The number of nitrogens with one attached hydrogen (secondary N) is 2. The summed E-state index contributed by atoms with van der Waals surface area (Å²) < 4.78 is 0. The van der Waals surface area contributed by atoms with Gasteiger partial charge in [-0.05, 0) is 112 Å². The Balaban J connectivity index is 1.14. The summed E-state index contributed by atoms with van der Waals surface area (Å²) in [5, 5.41) is 16.7. The summed E-state index contributed by atoms with van der Waals surface area (Å²) >= 11 is 1.70. The topological polar surface area (TPSA) is 119 Å². The molecular formula is C44H56N4O5S. The van der Waals surface area contributed by atoms with Crippen LogP contribution in [0.1, 0.15) is 74.5 Å². The molecule has 3 heterocycles. The van der Waals surface area contributed by atoms with Crippen molar-refractivity contribution in [1.29, 1.82) is 0 Å². The molecule has 0 aromatic heterocycles. The first-order valence-electron chi connectivity index (χ1n) is 20.0. The van der Waals surface area contributed by atoms with E-state index in [1.54, 1.807) is 16.7 Å². The number of nitrogens with zero attached hydrogens (tertiary/aromatic N) is 2. The predicted molar refractivity (Wildman–Crippen MR) is 214 cm³/mol. The molecule has 0 bridgehead atoms. The summed E-state index contributed by atoms with van der Waals surface area (Å²) in [5.74, 6) is -0.520. The fraction of sp³-hybridized carbons (Fsp3) is 0.500. The van der Waals surface area contributed by atoms with Crippen LogP contribution in [0.4, 0.5) is 0 Å². The average Bonchev–Trinajstić information content (AvgIpc) is 3.47. The van der Waals surface area contributed by atoms with Gasteiger partial charge in [0, 0.05) is 19.0 Å². The van der Waals surface area contributed by atoms with E-state index in [0.29, 0.717) is 51.7 Å². The number of amides is 3. The Morgan fingerprint density at radius 1 is 0.741 bits per heavy atom. The van der Waals surface area contributed by atoms with Gasteiger partial charge in [-0.3, -0.25) is 14.4 Å². The van der Waals surface area contributed by atoms with Crippen LogP contribution >= 0.6 is 11.8 Å². The van der Waals surface area contributed by atoms with Crippen LogP contribution in [-0.2, 0) is 38.4 Å². The molecule has 6 rings (SSSR count). The lowest BCUT2D eigenvalue weighted by Crippen LogP contribution is -2.56. The Bertz CT molecular complexity index is 1660. The molecule has 10 heteroatoms. The minimum atomic E-state index is -0.926. The van der Waals surface area contributed by atoms with E-state index in [2.05, 4.69) is 47.0 Å². The zero-order valence-corrected chi connectivity index (χ0v) is 32.1. The van der Waals surface area contributed by atoms with Gasteiger partial charge in [-0.2, -0.15) is 0 Å². The smallest absolute Gasteiger partial charge is 0.326 e. The summed E-state index contributed by atoms with van der Waals surface area (Å²) in [6, 6.07) is 28.8. The van der Waals surface area contributed by atoms with Crippen molar-refractivity contribution in [2.75, 3.05) is 25.4 Å². The highest BCUT2D eigenvalue weighted by atomic mass is 32.2. The summed E-state index contributed by atoms with van der Waals surface area (Å²) in [6.07, 6.45) is 8.74. The highest BCUT2D eigenvalue weighted by Crippen LogP contribution is 2.34. The first-order chi connectivity index (χ1) is 26.4. The summed E-state index contributed by atoms with van der Waals surface area (Å²) in [4.78, 5) is 57.7. The number of likely N-dealkylation sites (tertiary alicyclic amines) is 1. The number of carbonyl (C=O) groups excluding carboxylic acids is 3. The van der Waals surface area contributed by atoms with Gasteiger partial charge in [0.1, 0.15) is 12.1 Å². The van der Waals surface area contributed by atoms with Gasteiger partial charge < -0.3 is 25.5 Å². The zero-order chi connectivity index (χ0) is 37.7. The SMILES string of the molecule is O=C(O)C1CCCC2SCCC(NC[C@H](CC[C@H](Cc3ccccc3)C(=O)N[C@H]3CCCCN(CCc4ccccc4)C3=O)Cc3ccccc3)C(=O)N21. The number of piperidine rings is 1. The highest BCUT2D eigenvalue weighted by molar-refractivity contribution is 7.99. The molecule has 3 N–H and O–H groups in total. The van der Waals surface area contributed by atoms with E-state index in [0.717, 1.165) is 56.3 Å². The van der Waals surface area contributed by atoms with E-state index < -0.39 is 24.1 Å². The van der Waals surface area contributed by atoms with Gasteiger partial charge in [0.25, 0.3) is 0 Å². The van der Waals surface area contributed by atoms with Crippen LogP contribution in [0.15, 0.2) is 91.0 Å². The molecule has 54 heavy (non-hydrogen) atoms. The van der Waals surface area contributed by atoms with Gasteiger partial charge in [-0.1, -0.05) is 91.0 Å². The van der Waals surface area contributed by atoms with Crippen LogP contribution < -0.4 is 10.6 Å². The molecule has 3 fully saturated rings. The molecule has 6 atom stereocenters. The van der Waals surface area contributed by atoms with Crippen LogP contribution in [0.3, 0.4) is 0 Å². The number of thioether (sulfide) groups is 1. The Kier molecular flexibility index (Phi) is 14.6. The van der Waals surface area contributed by atoms with Gasteiger partial charge in [-0.15, -0.1) is 11.8 Å². The van der Waals surface area contributed by atoms with E-state index in [-0.39, 0.29) is 34.9 Å². The summed E-state index contributed by atoms with van der Waals surface area (Å²) in [6.45, 7) is 1.91. The molecule has 288 valence electrons. The third-order valence-corrected chi connectivity index (χ3v) is 12.7. The lowest BCUT2D eigenvalue weighted by Gasteiger charge is -2.39. The fourth-order valence-corrected chi connectivity index (χ4v) is 9.72. The van der Waals surface area contributed by atoms with Crippen LogP contribution in [0.5, 0.6) is 0 Å². The third kappa shape index (κ3) is 11.0. The molecule has 0 saturated carbocycles. The number of carboxylic acid groups (broad SMARTS) is 1. The molecule has 0 radical (unpaired) electrons. The molecule has 3 aliphatic heterocycles. The van der Waals surface area contributed by atoms with Crippen LogP contribution in [-0.4, -0.2) is 87.5 Å². The van der Waals surface area contributed by atoms with Gasteiger partial charge in [0.2, 0.25) is 17.7 Å². The number of hydrogen-bond donors (Lipinski definition) is 3. The van der Waals surface area contributed by atoms with Crippen LogP contribution in [0.25, 0.3) is 0 Å². The van der Waals surface area contributed by atoms with Crippen molar-refractivity contribution in [3.8, 4) is 0 Å². The van der Waals surface area contributed by atoms with E-state index >= 15 is 0 Å². The van der Waals surface area contributed by atoms with Crippen LogP contribution in [0, 0.1) is 11.8 Å². The van der Waals surface area contributed by atoms with Crippen molar-refractivity contribution in [1.82, 2.24) is 20.4 Å². The van der Waals surface area contributed by atoms with Gasteiger partial charge in [0.05, 0.1) is 11.4 Å². The number of aliphatic carboxylic acids is 1. The summed E-state index contributed by atoms with van der Waals surface area (Å²) in [7, 11) is 0. The first-order valence-corrected chi connectivity index (χ1v) is 21.0.